The summed E-state index contributed by atoms with van der Waals surface area (Å²) in [5.41, 5.74) is 0.869. The van der Waals surface area contributed by atoms with Crippen molar-refractivity contribution in [2.75, 3.05) is 6.61 Å². The zero-order chi connectivity index (χ0) is 13.7. The number of carbonyl (C=O) groups is 2. The van der Waals surface area contributed by atoms with Crippen LogP contribution in [0.5, 0.6) is 0 Å². The lowest BCUT2D eigenvalue weighted by Crippen LogP contribution is -2.14. The van der Waals surface area contributed by atoms with Crippen LogP contribution in [-0.2, 0) is 4.74 Å². The average molecular weight is 320 g/mol. The minimum atomic E-state index is -0.536. The van der Waals surface area contributed by atoms with Crippen LogP contribution in [-0.4, -0.2) is 23.3 Å². The predicted molar refractivity (Wildman–Crippen MR) is 73.0 cm³/mol. The molecule has 0 saturated carbocycles. The monoisotopic (exact) mass is 319 g/mol. The number of benzene rings is 1. The maximum absolute atomic E-state index is 11.8. The highest BCUT2D eigenvalue weighted by Gasteiger charge is 2.11. The smallest absolute Gasteiger partial charge is 0.338 e. The highest BCUT2D eigenvalue weighted by Crippen LogP contribution is 2.12. The molecule has 0 aliphatic carbocycles. The molecule has 0 aliphatic rings. The van der Waals surface area contributed by atoms with Crippen LogP contribution in [0.15, 0.2) is 53.3 Å². The Hall–Kier alpha value is -2.01. The van der Waals surface area contributed by atoms with E-state index in [0.29, 0.717) is 11.1 Å². The molecular weight excluding hydrogens is 310 g/mol. The van der Waals surface area contributed by atoms with Crippen molar-refractivity contribution in [3.63, 3.8) is 0 Å². The van der Waals surface area contributed by atoms with Gasteiger partial charge in [0.2, 0.25) is 0 Å². The molecule has 0 radical (unpaired) electrons. The van der Waals surface area contributed by atoms with E-state index in [9.17, 15) is 9.59 Å². The molecule has 0 spiro atoms. The summed E-state index contributed by atoms with van der Waals surface area (Å²) in [5, 5.41) is 0. The van der Waals surface area contributed by atoms with Crippen molar-refractivity contribution in [3.8, 4) is 0 Å². The van der Waals surface area contributed by atoms with Crippen LogP contribution in [0.4, 0.5) is 0 Å². The number of rotatable bonds is 4. The SMILES string of the molecule is O=C(COC(=O)c1ccncc1)c1cccc(Br)c1. The van der Waals surface area contributed by atoms with Gasteiger partial charge in [-0.25, -0.2) is 4.79 Å². The molecule has 1 heterocycles. The van der Waals surface area contributed by atoms with E-state index in [-0.39, 0.29) is 12.4 Å². The zero-order valence-electron chi connectivity index (χ0n) is 9.88. The molecule has 2 rings (SSSR count). The van der Waals surface area contributed by atoms with E-state index in [4.69, 9.17) is 4.74 Å². The quantitative estimate of drug-likeness (QED) is 0.642. The topological polar surface area (TPSA) is 56.3 Å². The number of ketones is 1. The molecule has 0 aliphatic heterocycles. The molecule has 19 heavy (non-hydrogen) atoms. The number of ether oxygens (including phenoxy) is 1. The third-order valence-corrected chi connectivity index (χ3v) is 2.89. The largest absolute Gasteiger partial charge is 0.454 e. The molecular formula is C14H10BrNO3. The fourth-order valence-corrected chi connectivity index (χ4v) is 1.85. The normalized spacial score (nSPS) is 9.95. The molecule has 0 atom stereocenters. The number of aromatic nitrogens is 1. The van der Waals surface area contributed by atoms with Crippen molar-refractivity contribution in [1.82, 2.24) is 4.98 Å². The summed E-state index contributed by atoms with van der Waals surface area (Å²) in [6.45, 7) is -0.280. The summed E-state index contributed by atoms with van der Waals surface area (Å²) in [6, 6.07) is 10.00. The summed E-state index contributed by atoms with van der Waals surface area (Å²) in [4.78, 5) is 27.3. The molecule has 2 aromatic rings. The number of carbonyl (C=O) groups excluding carboxylic acids is 2. The van der Waals surface area contributed by atoms with Gasteiger partial charge in [-0.2, -0.15) is 0 Å². The van der Waals surface area contributed by atoms with Crippen molar-refractivity contribution in [2.24, 2.45) is 0 Å². The lowest BCUT2D eigenvalue weighted by atomic mass is 10.1. The van der Waals surface area contributed by atoms with E-state index in [1.165, 1.54) is 24.5 Å². The Morgan fingerprint density at radius 2 is 1.84 bits per heavy atom. The molecule has 0 N–H and O–H groups in total. The van der Waals surface area contributed by atoms with Crippen molar-refractivity contribution in [3.05, 3.63) is 64.4 Å². The van der Waals surface area contributed by atoms with Gasteiger partial charge in [0, 0.05) is 22.4 Å². The molecule has 0 fully saturated rings. The zero-order valence-corrected chi connectivity index (χ0v) is 11.5. The van der Waals surface area contributed by atoms with Gasteiger partial charge >= 0.3 is 5.97 Å². The van der Waals surface area contributed by atoms with E-state index in [2.05, 4.69) is 20.9 Å². The summed E-state index contributed by atoms with van der Waals surface area (Å²) in [6.07, 6.45) is 2.99. The Morgan fingerprint density at radius 1 is 1.11 bits per heavy atom. The van der Waals surface area contributed by atoms with E-state index < -0.39 is 5.97 Å². The maximum Gasteiger partial charge on any atom is 0.338 e. The van der Waals surface area contributed by atoms with Gasteiger partial charge in [-0.15, -0.1) is 0 Å². The fraction of sp³-hybridized carbons (Fsp3) is 0.0714. The molecule has 0 unspecified atom stereocenters. The van der Waals surface area contributed by atoms with E-state index in [1.54, 1.807) is 18.2 Å². The second-order valence-electron chi connectivity index (χ2n) is 3.75. The van der Waals surface area contributed by atoms with Crippen LogP contribution in [0.25, 0.3) is 0 Å². The van der Waals surface area contributed by atoms with Gasteiger partial charge in [-0.3, -0.25) is 9.78 Å². The number of esters is 1. The van der Waals surface area contributed by atoms with Gasteiger partial charge in [0.25, 0.3) is 0 Å². The first-order chi connectivity index (χ1) is 9.16. The summed E-state index contributed by atoms with van der Waals surface area (Å²) < 4.78 is 5.76. The van der Waals surface area contributed by atoms with E-state index in [0.717, 1.165) is 4.47 Å². The first-order valence-corrected chi connectivity index (χ1v) is 6.32. The van der Waals surface area contributed by atoms with Crippen molar-refractivity contribution in [1.29, 1.82) is 0 Å². The maximum atomic E-state index is 11.8. The lowest BCUT2D eigenvalue weighted by Gasteiger charge is -2.04. The first-order valence-electron chi connectivity index (χ1n) is 5.53. The lowest BCUT2D eigenvalue weighted by molar-refractivity contribution is 0.0474. The minimum Gasteiger partial charge on any atom is -0.454 e. The molecule has 1 aromatic heterocycles. The Morgan fingerprint density at radius 3 is 2.53 bits per heavy atom. The number of halogens is 1. The van der Waals surface area contributed by atoms with Gasteiger partial charge in [0.1, 0.15) is 0 Å². The molecule has 1 aromatic carbocycles. The Balaban J connectivity index is 1.96. The van der Waals surface area contributed by atoms with Crippen LogP contribution < -0.4 is 0 Å². The Labute approximate surface area is 118 Å². The van der Waals surface area contributed by atoms with Gasteiger partial charge < -0.3 is 4.74 Å². The molecule has 0 saturated heterocycles. The molecule has 0 bridgehead atoms. The first kappa shape index (κ1) is 13.4. The minimum absolute atomic E-state index is 0.247. The Kier molecular flexibility index (Phi) is 4.41. The molecule has 5 heteroatoms. The summed E-state index contributed by atoms with van der Waals surface area (Å²) in [7, 11) is 0. The van der Waals surface area contributed by atoms with Gasteiger partial charge in [0.05, 0.1) is 5.56 Å². The molecule has 0 amide bonds. The van der Waals surface area contributed by atoms with Crippen LogP contribution >= 0.6 is 15.9 Å². The number of hydrogen-bond acceptors (Lipinski definition) is 4. The molecule has 96 valence electrons. The summed E-state index contributed by atoms with van der Waals surface area (Å²) in [5.74, 6) is -0.783. The number of nitrogens with zero attached hydrogens (tertiary/aromatic N) is 1. The van der Waals surface area contributed by atoms with E-state index >= 15 is 0 Å². The highest BCUT2D eigenvalue weighted by molar-refractivity contribution is 9.10. The summed E-state index contributed by atoms with van der Waals surface area (Å²) >= 11 is 3.28. The predicted octanol–water partition coefficient (Wildman–Crippen LogP) is 2.88. The van der Waals surface area contributed by atoms with Crippen molar-refractivity contribution in [2.45, 2.75) is 0 Å². The van der Waals surface area contributed by atoms with E-state index in [1.807, 2.05) is 6.07 Å². The standard InChI is InChI=1S/C14H10BrNO3/c15-12-3-1-2-11(8-12)13(17)9-19-14(18)10-4-6-16-7-5-10/h1-8H,9H2. The van der Waals surface area contributed by atoms with Crippen LogP contribution in [0.1, 0.15) is 20.7 Å². The van der Waals surface area contributed by atoms with Gasteiger partial charge in [-0.1, -0.05) is 28.1 Å². The molecule has 4 nitrogen and oxygen atoms in total. The second-order valence-corrected chi connectivity index (χ2v) is 4.66. The second kappa shape index (κ2) is 6.24. The van der Waals surface area contributed by atoms with Crippen LogP contribution in [0.2, 0.25) is 0 Å². The van der Waals surface area contributed by atoms with Gasteiger partial charge in [-0.05, 0) is 24.3 Å². The van der Waals surface area contributed by atoms with Crippen molar-refractivity contribution >= 4 is 27.7 Å². The van der Waals surface area contributed by atoms with Crippen LogP contribution in [0.3, 0.4) is 0 Å². The third-order valence-electron chi connectivity index (χ3n) is 2.40. The number of hydrogen-bond donors (Lipinski definition) is 0. The number of Topliss-reactive ketones (excluding diaryl/α,β-unsaturated/α-hetero) is 1. The average Bonchev–Trinajstić information content (AvgIpc) is 2.45. The third kappa shape index (κ3) is 3.72. The van der Waals surface area contributed by atoms with Gasteiger partial charge in [0.15, 0.2) is 12.4 Å². The van der Waals surface area contributed by atoms with Crippen molar-refractivity contribution < 1.29 is 14.3 Å². The van der Waals surface area contributed by atoms with Crippen LogP contribution in [0, 0.1) is 0 Å². The number of pyridine rings is 1. The Bertz CT molecular complexity index is 599. The highest BCUT2D eigenvalue weighted by atomic mass is 79.9. The fourth-order valence-electron chi connectivity index (χ4n) is 1.45.